The predicted octanol–water partition coefficient (Wildman–Crippen LogP) is 7.05. The molecular weight excluding hydrogens is 376 g/mol. The monoisotopic (exact) mass is 400 g/mol. The Kier molecular flexibility index (Phi) is 5.05. The fourth-order valence-corrected chi connectivity index (χ4v) is 3.95. The van der Waals surface area contributed by atoms with Crippen LogP contribution in [0, 0.1) is 13.8 Å². The number of aliphatic imine (C=N–C) groups is 2. The van der Waals surface area contributed by atoms with E-state index in [9.17, 15) is 0 Å². The lowest BCUT2D eigenvalue weighted by Crippen LogP contribution is -2.05. The molecule has 31 heavy (non-hydrogen) atoms. The van der Waals surface area contributed by atoms with Gasteiger partial charge in [-0.1, -0.05) is 96.1 Å². The molecule has 0 spiro atoms. The van der Waals surface area contributed by atoms with Gasteiger partial charge in [0.2, 0.25) is 0 Å². The summed E-state index contributed by atoms with van der Waals surface area (Å²) in [6.45, 7) is 4.22. The summed E-state index contributed by atoms with van der Waals surface area (Å²) in [7, 11) is 0. The average Bonchev–Trinajstić information content (AvgIpc) is 2.99. The van der Waals surface area contributed by atoms with E-state index in [0.29, 0.717) is 0 Å². The number of hydrogen-bond acceptors (Lipinski definition) is 2. The first-order valence-corrected chi connectivity index (χ1v) is 10.6. The van der Waals surface area contributed by atoms with Crippen LogP contribution in [-0.4, -0.2) is 11.4 Å². The molecule has 150 valence electrons. The molecule has 0 unspecified atom stereocenters. The maximum absolute atomic E-state index is 5.22. The highest BCUT2D eigenvalue weighted by atomic mass is 14.8. The third kappa shape index (κ3) is 3.97. The summed E-state index contributed by atoms with van der Waals surface area (Å²) in [6, 6.07) is 25.5. The summed E-state index contributed by atoms with van der Waals surface area (Å²) >= 11 is 0. The van der Waals surface area contributed by atoms with Gasteiger partial charge in [-0.25, -0.2) is 4.99 Å². The number of rotatable bonds is 2. The van der Waals surface area contributed by atoms with Crippen LogP contribution in [0.5, 0.6) is 0 Å². The second-order valence-electron chi connectivity index (χ2n) is 8.08. The molecule has 2 bridgehead atoms. The zero-order chi connectivity index (χ0) is 21.2. The van der Waals surface area contributed by atoms with Gasteiger partial charge in [-0.05, 0) is 31.6 Å². The van der Waals surface area contributed by atoms with Crippen molar-refractivity contribution in [2.24, 2.45) is 9.98 Å². The Balaban J connectivity index is 1.78. The number of para-hydroxylation sites is 1. The predicted molar refractivity (Wildman–Crippen MR) is 131 cm³/mol. The summed E-state index contributed by atoms with van der Waals surface area (Å²) in [5.41, 5.74) is 10.9. The minimum Gasteiger partial charge on any atom is -0.252 e. The van der Waals surface area contributed by atoms with Crippen molar-refractivity contribution in [1.29, 1.82) is 0 Å². The van der Waals surface area contributed by atoms with Crippen molar-refractivity contribution in [1.82, 2.24) is 0 Å². The Morgan fingerprint density at radius 1 is 0.613 bits per heavy atom. The van der Waals surface area contributed by atoms with Gasteiger partial charge in [0.1, 0.15) is 0 Å². The lowest BCUT2D eigenvalue weighted by Gasteiger charge is -2.12. The third-order valence-electron chi connectivity index (χ3n) is 5.67. The normalized spacial score (nSPS) is 15.3. The highest BCUT2D eigenvalue weighted by Crippen LogP contribution is 2.31. The Morgan fingerprint density at radius 3 is 1.94 bits per heavy atom. The Morgan fingerprint density at radius 2 is 1.23 bits per heavy atom. The number of aryl methyl sites for hydroxylation is 2. The van der Waals surface area contributed by atoms with E-state index >= 15 is 0 Å². The minimum absolute atomic E-state index is 0.739. The molecule has 0 aromatic heterocycles. The van der Waals surface area contributed by atoms with Crippen molar-refractivity contribution >= 4 is 17.1 Å². The van der Waals surface area contributed by atoms with Gasteiger partial charge in [-0.3, -0.25) is 4.99 Å². The van der Waals surface area contributed by atoms with Crippen LogP contribution in [0.1, 0.15) is 34.2 Å². The van der Waals surface area contributed by atoms with E-state index in [-0.39, 0.29) is 0 Å². The van der Waals surface area contributed by atoms with E-state index in [0.717, 1.165) is 45.9 Å². The summed E-state index contributed by atoms with van der Waals surface area (Å²) in [4.78, 5) is 10.4. The number of allylic oxidation sites excluding steroid dienone is 5. The SMILES string of the molecule is Cc1ccc(C2=Nc3ccccc3C(c3ccc(C)cc3)=NC3=CC=CC=C2C3)cc1. The lowest BCUT2D eigenvalue weighted by atomic mass is 9.97. The quantitative estimate of drug-likeness (QED) is 0.440. The number of hydrogen-bond donors (Lipinski definition) is 0. The highest BCUT2D eigenvalue weighted by molar-refractivity contribution is 6.19. The molecule has 0 N–H and O–H groups in total. The molecule has 3 aromatic rings. The van der Waals surface area contributed by atoms with Gasteiger partial charge in [0.15, 0.2) is 0 Å². The smallest absolute Gasteiger partial charge is 0.0799 e. The van der Waals surface area contributed by atoms with Crippen LogP contribution >= 0.6 is 0 Å². The maximum atomic E-state index is 5.22. The molecule has 0 fully saturated rings. The summed E-state index contributed by atoms with van der Waals surface area (Å²) in [5.74, 6) is 0. The van der Waals surface area contributed by atoms with Gasteiger partial charge in [0, 0.05) is 28.8 Å². The van der Waals surface area contributed by atoms with Crippen molar-refractivity contribution < 1.29 is 0 Å². The first kappa shape index (κ1) is 19.2. The number of fused-ring (bicyclic) bond motifs is 3. The standard InChI is InChI=1S/C29H24N2/c1-20-11-15-22(16-12-20)28-24-7-3-4-8-25(19-24)30-29(23-17-13-21(2)14-18-23)26-9-5-6-10-27(26)31-28/h3-18H,19H2,1-2H3. The molecule has 0 amide bonds. The first-order valence-electron chi connectivity index (χ1n) is 10.6. The van der Waals surface area contributed by atoms with Crippen molar-refractivity contribution in [3.05, 3.63) is 136 Å². The summed E-state index contributed by atoms with van der Waals surface area (Å²) in [5, 5.41) is 0. The Bertz CT molecular complexity index is 1280. The topological polar surface area (TPSA) is 24.7 Å². The largest absolute Gasteiger partial charge is 0.252 e. The second-order valence-corrected chi connectivity index (χ2v) is 8.08. The molecule has 0 saturated carbocycles. The molecule has 2 heteroatoms. The average molecular weight is 401 g/mol. The van der Waals surface area contributed by atoms with E-state index in [1.54, 1.807) is 0 Å². The van der Waals surface area contributed by atoms with Gasteiger partial charge in [0.05, 0.1) is 17.1 Å². The highest BCUT2D eigenvalue weighted by Gasteiger charge is 2.19. The maximum Gasteiger partial charge on any atom is 0.0799 e. The van der Waals surface area contributed by atoms with Crippen molar-refractivity contribution in [3.8, 4) is 0 Å². The molecule has 0 atom stereocenters. The van der Waals surface area contributed by atoms with Crippen molar-refractivity contribution in [3.63, 3.8) is 0 Å². The molecule has 1 aliphatic carbocycles. The molecule has 2 aliphatic rings. The van der Waals surface area contributed by atoms with Gasteiger partial charge in [-0.2, -0.15) is 0 Å². The first-order chi connectivity index (χ1) is 15.2. The molecule has 5 rings (SSSR count). The van der Waals surface area contributed by atoms with Crippen LogP contribution in [0.2, 0.25) is 0 Å². The summed E-state index contributed by atoms with van der Waals surface area (Å²) < 4.78 is 0. The second kappa shape index (κ2) is 8.16. The van der Waals surface area contributed by atoms with Crippen molar-refractivity contribution in [2.45, 2.75) is 20.3 Å². The Hall–Kier alpha value is -3.78. The lowest BCUT2D eigenvalue weighted by molar-refractivity contribution is 1.13. The molecule has 1 aliphatic heterocycles. The van der Waals surface area contributed by atoms with Gasteiger partial charge < -0.3 is 0 Å². The molecular formula is C29H24N2. The van der Waals surface area contributed by atoms with E-state index in [1.165, 1.54) is 16.7 Å². The summed E-state index contributed by atoms with van der Waals surface area (Å²) in [6.07, 6.45) is 9.16. The molecule has 2 nitrogen and oxygen atoms in total. The van der Waals surface area contributed by atoms with Gasteiger partial charge >= 0.3 is 0 Å². The van der Waals surface area contributed by atoms with Crippen LogP contribution < -0.4 is 0 Å². The van der Waals surface area contributed by atoms with Crippen LogP contribution in [-0.2, 0) is 0 Å². The van der Waals surface area contributed by atoms with E-state index in [4.69, 9.17) is 9.98 Å². The van der Waals surface area contributed by atoms with Crippen LogP contribution in [0.4, 0.5) is 5.69 Å². The minimum atomic E-state index is 0.739. The van der Waals surface area contributed by atoms with Crippen LogP contribution in [0.25, 0.3) is 0 Å². The van der Waals surface area contributed by atoms with Crippen LogP contribution in [0.3, 0.4) is 0 Å². The van der Waals surface area contributed by atoms with E-state index in [2.05, 4.69) is 105 Å². The molecule has 1 heterocycles. The van der Waals surface area contributed by atoms with Crippen molar-refractivity contribution in [2.75, 3.05) is 0 Å². The number of benzene rings is 3. The van der Waals surface area contributed by atoms with Gasteiger partial charge in [0.25, 0.3) is 0 Å². The van der Waals surface area contributed by atoms with Crippen LogP contribution in [0.15, 0.2) is 118 Å². The number of nitrogens with zero attached hydrogens (tertiary/aromatic N) is 2. The van der Waals surface area contributed by atoms with E-state index < -0.39 is 0 Å². The van der Waals surface area contributed by atoms with Gasteiger partial charge in [-0.15, -0.1) is 0 Å². The zero-order valence-electron chi connectivity index (χ0n) is 17.8. The zero-order valence-corrected chi connectivity index (χ0v) is 17.8. The molecule has 0 saturated heterocycles. The van der Waals surface area contributed by atoms with E-state index in [1.807, 2.05) is 6.07 Å². The fraction of sp³-hybridized carbons (Fsp3) is 0.103. The Labute approximate surface area is 183 Å². The molecule has 3 aromatic carbocycles. The third-order valence-corrected chi connectivity index (χ3v) is 5.67. The fourth-order valence-electron chi connectivity index (χ4n) is 3.95. The molecule has 0 radical (unpaired) electrons.